The van der Waals surface area contributed by atoms with Gasteiger partial charge in [0.25, 0.3) is 0 Å². The summed E-state index contributed by atoms with van der Waals surface area (Å²) >= 11 is 0. The van der Waals surface area contributed by atoms with Crippen molar-refractivity contribution in [2.24, 2.45) is 11.8 Å². The Hall–Kier alpha value is -1.50. The standard InChI is InChI=1S/C21H27N/c1-15(2)16-11-13-17(14-12-16)22-20-9-5-3-7-18(20)19-8-4-6-10-21(19)22/h3-5,7-9,11,13,15-17,19,21H,6,10,12,14H2,1-2H3. The van der Waals surface area contributed by atoms with E-state index in [9.17, 15) is 0 Å². The van der Waals surface area contributed by atoms with Gasteiger partial charge in [-0.2, -0.15) is 0 Å². The van der Waals surface area contributed by atoms with Crippen molar-refractivity contribution < 1.29 is 0 Å². The van der Waals surface area contributed by atoms with E-state index in [1.54, 1.807) is 5.56 Å². The van der Waals surface area contributed by atoms with Gasteiger partial charge in [0.15, 0.2) is 0 Å². The van der Waals surface area contributed by atoms with Crippen LogP contribution in [0.15, 0.2) is 48.6 Å². The van der Waals surface area contributed by atoms with E-state index in [1.807, 2.05) is 0 Å². The van der Waals surface area contributed by atoms with Crippen LogP contribution in [0.4, 0.5) is 5.69 Å². The van der Waals surface area contributed by atoms with Crippen LogP contribution in [0.2, 0.25) is 0 Å². The Morgan fingerprint density at radius 1 is 1.00 bits per heavy atom. The first kappa shape index (κ1) is 14.1. The van der Waals surface area contributed by atoms with E-state index in [0.717, 1.165) is 11.8 Å². The lowest BCUT2D eigenvalue weighted by molar-refractivity contribution is 0.380. The van der Waals surface area contributed by atoms with Crippen LogP contribution in [0, 0.1) is 11.8 Å². The van der Waals surface area contributed by atoms with Gasteiger partial charge in [-0.25, -0.2) is 0 Å². The highest BCUT2D eigenvalue weighted by molar-refractivity contribution is 5.65. The van der Waals surface area contributed by atoms with Gasteiger partial charge < -0.3 is 4.90 Å². The van der Waals surface area contributed by atoms with Crippen LogP contribution in [0.3, 0.4) is 0 Å². The van der Waals surface area contributed by atoms with Crippen LogP contribution in [-0.2, 0) is 0 Å². The molecule has 0 aromatic heterocycles. The summed E-state index contributed by atoms with van der Waals surface area (Å²) in [5, 5.41) is 0. The number of fused-ring (bicyclic) bond motifs is 3. The predicted octanol–water partition coefficient (Wildman–Crippen LogP) is 5.30. The van der Waals surface area contributed by atoms with Crippen molar-refractivity contribution in [3.63, 3.8) is 0 Å². The lowest BCUT2D eigenvalue weighted by Crippen LogP contribution is -2.43. The summed E-state index contributed by atoms with van der Waals surface area (Å²) in [7, 11) is 0. The van der Waals surface area contributed by atoms with E-state index < -0.39 is 0 Å². The zero-order valence-electron chi connectivity index (χ0n) is 13.8. The molecule has 22 heavy (non-hydrogen) atoms. The molecule has 0 amide bonds. The Morgan fingerprint density at radius 2 is 1.86 bits per heavy atom. The fourth-order valence-corrected chi connectivity index (χ4v) is 4.66. The number of benzene rings is 1. The zero-order chi connectivity index (χ0) is 15.1. The van der Waals surface area contributed by atoms with E-state index in [2.05, 4.69) is 67.3 Å². The van der Waals surface area contributed by atoms with E-state index >= 15 is 0 Å². The van der Waals surface area contributed by atoms with E-state index in [-0.39, 0.29) is 0 Å². The summed E-state index contributed by atoms with van der Waals surface area (Å²) in [6.45, 7) is 4.70. The van der Waals surface area contributed by atoms with E-state index in [1.165, 1.54) is 31.4 Å². The molecule has 1 aromatic rings. The number of rotatable bonds is 2. The summed E-state index contributed by atoms with van der Waals surface area (Å²) in [6, 6.07) is 10.4. The van der Waals surface area contributed by atoms with Gasteiger partial charge in [-0.05, 0) is 49.1 Å². The van der Waals surface area contributed by atoms with E-state index in [0.29, 0.717) is 18.0 Å². The molecule has 0 N–H and O–H groups in total. The molecule has 0 saturated heterocycles. The van der Waals surface area contributed by atoms with Crippen molar-refractivity contribution in [3.8, 4) is 0 Å². The Labute approximate surface area is 134 Å². The second-order valence-electron chi connectivity index (χ2n) is 7.50. The van der Waals surface area contributed by atoms with E-state index in [4.69, 9.17) is 0 Å². The summed E-state index contributed by atoms with van der Waals surface area (Å²) in [5.41, 5.74) is 3.03. The summed E-state index contributed by atoms with van der Waals surface area (Å²) in [4.78, 5) is 2.75. The smallest absolute Gasteiger partial charge is 0.0477 e. The second-order valence-corrected chi connectivity index (χ2v) is 7.50. The average molecular weight is 293 g/mol. The highest BCUT2D eigenvalue weighted by Gasteiger charge is 2.40. The summed E-state index contributed by atoms with van der Waals surface area (Å²) in [5.74, 6) is 2.16. The predicted molar refractivity (Wildman–Crippen MR) is 94.3 cm³/mol. The third-order valence-corrected chi connectivity index (χ3v) is 5.91. The van der Waals surface area contributed by atoms with Gasteiger partial charge in [0.1, 0.15) is 0 Å². The lowest BCUT2D eigenvalue weighted by Gasteiger charge is -2.39. The van der Waals surface area contributed by atoms with Gasteiger partial charge in [-0.1, -0.05) is 56.4 Å². The molecule has 0 radical (unpaired) electrons. The highest BCUT2D eigenvalue weighted by Crippen LogP contribution is 2.47. The van der Waals surface area contributed by atoms with Gasteiger partial charge in [0.05, 0.1) is 0 Å². The topological polar surface area (TPSA) is 3.24 Å². The molecule has 1 heterocycles. The minimum atomic E-state index is 0.595. The maximum atomic E-state index is 2.75. The van der Waals surface area contributed by atoms with Gasteiger partial charge in [-0.15, -0.1) is 0 Å². The molecule has 1 aliphatic heterocycles. The molecule has 4 rings (SSSR count). The number of para-hydroxylation sites is 1. The number of hydrogen-bond acceptors (Lipinski definition) is 1. The maximum absolute atomic E-state index is 2.75. The molecule has 4 unspecified atom stereocenters. The monoisotopic (exact) mass is 293 g/mol. The largest absolute Gasteiger partial charge is 0.361 e. The molecule has 116 valence electrons. The third-order valence-electron chi connectivity index (χ3n) is 5.91. The van der Waals surface area contributed by atoms with Crippen molar-refractivity contribution in [2.45, 2.75) is 57.5 Å². The van der Waals surface area contributed by atoms with Gasteiger partial charge >= 0.3 is 0 Å². The fraction of sp³-hybridized carbons (Fsp3) is 0.524. The molecule has 1 nitrogen and oxygen atoms in total. The van der Waals surface area contributed by atoms with Crippen molar-refractivity contribution in [2.75, 3.05) is 4.90 Å². The number of allylic oxidation sites excluding steroid dienone is 2. The molecule has 2 aliphatic carbocycles. The summed E-state index contributed by atoms with van der Waals surface area (Å²) < 4.78 is 0. The Balaban J connectivity index is 1.67. The molecule has 0 bridgehead atoms. The molecule has 4 atom stereocenters. The van der Waals surface area contributed by atoms with Crippen molar-refractivity contribution in [1.29, 1.82) is 0 Å². The summed E-state index contributed by atoms with van der Waals surface area (Å²) in [6.07, 6.45) is 15.0. The molecular weight excluding hydrogens is 266 g/mol. The molecule has 1 heteroatoms. The van der Waals surface area contributed by atoms with Gasteiger partial charge in [-0.3, -0.25) is 0 Å². The van der Waals surface area contributed by atoms with Crippen LogP contribution in [0.1, 0.15) is 51.0 Å². The van der Waals surface area contributed by atoms with Crippen LogP contribution >= 0.6 is 0 Å². The van der Waals surface area contributed by atoms with Crippen LogP contribution in [0.5, 0.6) is 0 Å². The number of anilines is 1. The molecule has 0 spiro atoms. The minimum absolute atomic E-state index is 0.595. The molecule has 0 fully saturated rings. The van der Waals surface area contributed by atoms with Crippen molar-refractivity contribution in [3.05, 3.63) is 54.1 Å². The highest BCUT2D eigenvalue weighted by atomic mass is 15.2. The SMILES string of the molecule is CC(C)C1C=CC(N2c3ccccc3C3C=CCCC32)CC1. The average Bonchev–Trinajstić information content (AvgIpc) is 2.89. The van der Waals surface area contributed by atoms with Crippen molar-refractivity contribution in [1.82, 2.24) is 0 Å². The Bertz CT molecular complexity index is 598. The molecule has 1 aromatic carbocycles. The molecule has 0 saturated carbocycles. The fourth-order valence-electron chi connectivity index (χ4n) is 4.66. The first-order valence-electron chi connectivity index (χ1n) is 8.98. The van der Waals surface area contributed by atoms with Crippen LogP contribution < -0.4 is 4.90 Å². The van der Waals surface area contributed by atoms with Crippen LogP contribution in [-0.4, -0.2) is 12.1 Å². The quantitative estimate of drug-likeness (QED) is 0.669. The Kier molecular flexibility index (Phi) is 3.60. The molecule has 3 aliphatic rings. The lowest BCUT2D eigenvalue weighted by atomic mass is 9.83. The number of nitrogens with zero attached hydrogens (tertiary/aromatic N) is 1. The van der Waals surface area contributed by atoms with Gasteiger partial charge in [0, 0.05) is 23.7 Å². The molecular formula is C21H27N. The normalized spacial score (nSPS) is 33.1. The zero-order valence-corrected chi connectivity index (χ0v) is 13.8. The third kappa shape index (κ3) is 2.22. The van der Waals surface area contributed by atoms with Crippen LogP contribution in [0.25, 0.3) is 0 Å². The first-order chi connectivity index (χ1) is 10.8. The minimum Gasteiger partial charge on any atom is -0.361 e. The maximum Gasteiger partial charge on any atom is 0.0477 e. The number of hydrogen-bond donors (Lipinski definition) is 0. The van der Waals surface area contributed by atoms with Gasteiger partial charge in [0.2, 0.25) is 0 Å². The second kappa shape index (κ2) is 5.61. The van der Waals surface area contributed by atoms with Crippen molar-refractivity contribution >= 4 is 5.69 Å². The first-order valence-corrected chi connectivity index (χ1v) is 8.98. The Morgan fingerprint density at radius 3 is 2.64 bits per heavy atom.